The molecular weight excluding hydrogens is 374 g/mol. The quantitative estimate of drug-likeness (QED) is 0.627. The van der Waals surface area contributed by atoms with Crippen molar-refractivity contribution in [3.05, 3.63) is 59.9 Å². The van der Waals surface area contributed by atoms with Crippen molar-refractivity contribution >= 4 is 34.4 Å². The van der Waals surface area contributed by atoms with Gasteiger partial charge in [0.05, 0.1) is 5.52 Å². The van der Waals surface area contributed by atoms with Gasteiger partial charge in [-0.2, -0.15) is 0 Å². The van der Waals surface area contributed by atoms with Crippen LogP contribution >= 0.6 is 0 Å². The third-order valence-corrected chi connectivity index (χ3v) is 6.04. The summed E-state index contributed by atoms with van der Waals surface area (Å²) in [5, 5.41) is 4.00. The lowest BCUT2D eigenvalue weighted by Gasteiger charge is -2.20. The molecule has 6 nitrogen and oxygen atoms in total. The number of amides is 1. The Labute approximate surface area is 177 Å². The van der Waals surface area contributed by atoms with Gasteiger partial charge in [0.1, 0.15) is 5.82 Å². The van der Waals surface area contributed by atoms with Crippen molar-refractivity contribution in [1.82, 2.24) is 14.9 Å². The van der Waals surface area contributed by atoms with Gasteiger partial charge in [0.2, 0.25) is 0 Å². The van der Waals surface area contributed by atoms with E-state index in [9.17, 15) is 4.79 Å². The summed E-state index contributed by atoms with van der Waals surface area (Å²) in [6.45, 7) is 7.91. The van der Waals surface area contributed by atoms with Gasteiger partial charge in [-0.25, -0.2) is 4.98 Å². The molecule has 0 saturated carbocycles. The Kier molecular flexibility index (Phi) is 5.59. The third kappa shape index (κ3) is 3.83. The first-order valence-corrected chi connectivity index (χ1v) is 10.5. The number of H-pyrrole nitrogens is 1. The summed E-state index contributed by atoms with van der Waals surface area (Å²) >= 11 is 0. The maximum absolute atomic E-state index is 12.9. The van der Waals surface area contributed by atoms with E-state index in [4.69, 9.17) is 0 Å². The maximum Gasteiger partial charge on any atom is 0.256 e. The van der Waals surface area contributed by atoms with Gasteiger partial charge in [-0.3, -0.25) is 9.69 Å². The number of nitrogens with one attached hydrogen (secondary N) is 2. The Morgan fingerprint density at radius 1 is 1.40 bits per heavy atom. The normalized spacial score (nSPS) is 16.7. The Bertz CT molecular complexity index is 1090. The monoisotopic (exact) mass is 403 g/mol. The fraction of sp³-hybridized carbons (Fsp3) is 0.333. The van der Waals surface area contributed by atoms with Gasteiger partial charge in [-0.15, -0.1) is 0 Å². The number of carbonyl (C=O) groups is 1. The molecule has 1 atom stereocenters. The van der Waals surface area contributed by atoms with Crippen LogP contribution < -0.4 is 10.2 Å². The number of benzene rings is 1. The van der Waals surface area contributed by atoms with Crippen LogP contribution in [-0.4, -0.2) is 48.0 Å². The first kappa shape index (κ1) is 20.2. The van der Waals surface area contributed by atoms with E-state index in [1.54, 1.807) is 0 Å². The Morgan fingerprint density at radius 3 is 2.93 bits per heavy atom. The number of hydrogen-bond acceptors (Lipinski definition) is 4. The molecular formula is C24H29N5O. The van der Waals surface area contributed by atoms with Gasteiger partial charge in [0.25, 0.3) is 5.91 Å². The predicted molar refractivity (Wildman–Crippen MR) is 124 cm³/mol. The van der Waals surface area contributed by atoms with Gasteiger partial charge in [0, 0.05) is 54.2 Å². The molecule has 0 spiro atoms. The van der Waals surface area contributed by atoms with E-state index in [-0.39, 0.29) is 5.91 Å². The average molecular weight is 404 g/mol. The lowest BCUT2D eigenvalue weighted by molar-refractivity contribution is 0.102. The summed E-state index contributed by atoms with van der Waals surface area (Å²) in [6.07, 6.45) is 6.01. The molecule has 6 heteroatoms. The molecule has 0 aliphatic carbocycles. The van der Waals surface area contributed by atoms with Crippen LogP contribution in [0.25, 0.3) is 17.0 Å². The highest BCUT2D eigenvalue weighted by molar-refractivity contribution is 6.05. The number of aromatic amines is 1. The number of nitrogens with zero attached hydrogens (tertiary/aromatic N) is 3. The minimum absolute atomic E-state index is 0.175. The number of pyridine rings is 1. The zero-order valence-electron chi connectivity index (χ0n) is 17.9. The minimum atomic E-state index is -0.175. The molecule has 0 unspecified atom stereocenters. The third-order valence-electron chi connectivity index (χ3n) is 6.04. The van der Waals surface area contributed by atoms with Gasteiger partial charge in [-0.05, 0) is 57.1 Å². The highest BCUT2D eigenvalue weighted by Crippen LogP contribution is 2.32. The number of aromatic nitrogens is 2. The molecule has 0 radical (unpaired) electrons. The first-order valence-electron chi connectivity index (χ1n) is 10.5. The second kappa shape index (κ2) is 8.32. The number of fused-ring (bicyclic) bond motifs is 1. The average Bonchev–Trinajstić information content (AvgIpc) is 3.37. The van der Waals surface area contributed by atoms with Crippen molar-refractivity contribution in [3.63, 3.8) is 0 Å². The predicted octanol–water partition coefficient (Wildman–Crippen LogP) is 4.68. The summed E-state index contributed by atoms with van der Waals surface area (Å²) < 4.78 is 0. The number of hydrogen-bond donors (Lipinski definition) is 2. The van der Waals surface area contributed by atoms with Crippen molar-refractivity contribution in [2.75, 3.05) is 37.4 Å². The maximum atomic E-state index is 12.9. The van der Waals surface area contributed by atoms with Gasteiger partial charge in [-0.1, -0.05) is 18.7 Å². The van der Waals surface area contributed by atoms with Crippen LogP contribution in [0, 0.1) is 0 Å². The van der Waals surface area contributed by atoms with E-state index in [1.165, 1.54) is 12.1 Å². The van der Waals surface area contributed by atoms with E-state index < -0.39 is 0 Å². The Morgan fingerprint density at radius 2 is 2.23 bits per heavy atom. The molecule has 2 aromatic heterocycles. The molecule has 156 valence electrons. The van der Waals surface area contributed by atoms with Crippen molar-refractivity contribution < 1.29 is 4.79 Å². The second-order valence-electron chi connectivity index (χ2n) is 7.97. The number of likely N-dealkylation sites (tertiary alicyclic amines) is 1. The van der Waals surface area contributed by atoms with Gasteiger partial charge in [0.15, 0.2) is 0 Å². The fourth-order valence-corrected chi connectivity index (χ4v) is 4.15. The van der Waals surface area contributed by atoms with Crippen molar-refractivity contribution in [2.24, 2.45) is 0 Å². The van der Waals surface area contributed by atoms with Crippen LogP contribution in [0.2, 0.25) is 0 Å². The molecule has 1 fully saturated rings. The summed E-state index contributed by atoms with van der Waals surface area (Å²) in [6, 6.07) is 10.1. The second-order valence-corrected chi connectivity index (χ2v) is 7.97. The summed E-state index contributed by atoms with van der Waals surface area (Å²) in [4.78, 5) is 25.3. The number of rotatable bonds is 6. The van der Waals surface area contributed by atoms with Crippen LogP contribution in [0.5, 0.6) is 0 Å². The van der Waals surface area contributed by atoms with Crippen LogP contribution in [0.4, 0.5) is 11.5 Å². The Hall–Kier alpha value is -3.12. The molecule has 2 N–H and O–H groups in total. The first-order chi connectivity index (χ1) is 14.5. The SMILES string of the molecule is C=Cc1ccc(C(=O)Nc2cc3[nH]c([C@H]4CCCN4C)cc3cn2)cc1N(C)CC. The molecule has 1 aromatic carbocycles. The molecule has 1 amide bonds. The van der Waals surface area contributed by atoms with Crippen molar-refractivity contribution in [1.29, 1.82) is 0 Å². The molecule has 3 heterocycles. The summed E-state index contributed by atoms with van der Waals surface area (Å²) in [5.41, 5.74) is 4.79. The topological polar surface area (TPSA) is 64.3 Å². The number of carbonyl (C=O) groups excluding carboxylic acids is 1. The van der Waals surface area contributed by atoms with Crippen LogP contribution in [0.3, 0.4) is 0 Å². The van der Waals surface area contributed by atoms with E-state index in [1.807, 2.05) is 43.6 Å². The molecule has 30 heavy (non-hydrogen) atoms. The van der Waals surface area contributed by atoms with E-state index in [0.717, 1.165) is 41.7 Å². The standard InChI is InChI=1S/C24H29N5O/c1-5-16-9-10-17(13-22(16)28(3)6-2)24(30)27-23-14-19-18(15-25-23)12-20(26-19)21-8-7-11-29(21)4/h5,9-10,12-15,21,26H,1,6-8,11H2,2-4H3,(H,25,27,30)/t21-/m1/s1. The molecule has 3 aromatic rings. The highest BCUT2D eigenvalue weighted by atomic mass is 16.1. The zero-order valence-corrected chi connectivity index (χ0v) is 17.9. The molecule has 4 rings (SSSR count). The molecule has 1 aliphatic rings. The van der Waals surface area contributed by atoms with Crippen LogP contribution in [0.1, 0.15) is 47.4 Å². The van der Waals surface area contributed by atoms with E-state index in [2.05, 4.69) is 51.7 Å². The Balaban J connectivity index is 1.56. The summed E-state index contributed by atoms with van der Waals surface area (Å²) in [5.74, 6) is 0.365. The highest BCUT2D eigenvalue weighted by Gasteiger charge is 2.24. The number of anilines is 2. The van der Waals surface area contributed by atoms with Crippen LogP contribution in [0.15, 0.2) is 43.1 Å². The van der Waals surface area contributed by atoms with E-state index in [0.29, 0.717) is 17.4 Å². The molecule has 1 saturated heterocycles. The molecule has 1 aliphatic heterocycles. The van der Waals surface area contributed by atoms with Gasteiger partial charge < -0.3 is 15.2 Å². The zero-order chi connectivity index (χ0) is 21.3. The molecule has 0 bridgehead atoms. The summed E-state index contributed by atoms with van der Waals surface area (Å²) in [7, 11) is 4.17. The smallest absolute Gasteiger partial charge is 0.256 e. The van der Waals surface area contributed by atoms with Crippen LogP contribution in [-0.2, 0) is 0 Å². The minimum Gasteiger partial charge on any atom is -0.374 e. The van der Waals surface area contributed by atoms with Crippen molar-refractivity contribution in [3.8, 4) is 0 Å². The van der Waals surface area contributed by atoms with Gasteiger partial charge >= 0.3 is 0 Å². The van der Waals surface area contributed by atoms with E-state index >= 15 is 0 Å². The van der Waals surface area contributed by atoms with Crippen molar-refractivity contribution in [2.45, 2.75) is 25.8 Å². The lowest BCUT2D eigenvalue weighted by atomic mass is 10.1. The largest absolute Gasteiger partial charge is 0.374 e. The fourth-order valence-electron chi connectivity index (χ4n) is 4.15. The lowest BCUT2D eigenvalue weighted by Crippen LogP contribution is -2.19.